The lowest BCUT2D eigenvalue weighted by molar-refractivity contribution is -0.112. The van der Waals surface area contributed by atoms with Crippen LogP contribution >= 0.6 is 11.6 Å². The number of anilines is 1. The quantitative estimate of drug-likeness (QED) is 0.835. The molecule has 0 atom stereocenters. The van der Waals surface area contributed by atoms with E-state index in [9.17, 15) is 9.59 Å². The lowest BCUT2D eigenvalue weighted by atomic mass is 10.1. The van der Waals surface area contributed by atoms with Crippen molar-refractivity contribution in [2.24, 2.45) is 0 Å². The molecule has 0 aromatic heterocycles. The topological polar surface area (TPSA) is 66.4 Å². The van der Waals surface area contributed by atoms with Crippen molar-refractivity contribution in [1.82, 2.24) is 0 Å². The fraction of sp³-hybridized carbons (Fsp3) is 0.0588. The number of carbonyl (C=O) groups is 2. The zero-order valence-electron chi connectivity index (χ0n) is 11.8. The number of amides is 1. The van der Waals surface area contributed by atoms with Crippen LogP contribution in [0, 0.1) is 0 Å². The minimum Gasteiger partial charge on any atom is -0.478 e. The molecule has 0 aliphatic rings. The Labute approximate surface area is 133 Å². The number of carboxylic acid groups (broad SMARTS) is 1. The van der Waals surface area contributed by atoms with Gasteiger partial charge in [0, 0.05) is 10.6 Å². The van der Waals surface area contributed by atoms with E-state index in [1.54, 1.807) is 55.5 Å². The van der Waals surface area contributed by atoms with Gasteiger partial charge >= 0.3 is 5.97 Å². The number of para-hydroxylation sites is 1. The molecule has 0 bridgehead atoms. The van der Waals surface area contributed by atoms with Gasteiger partial charge in [-0.1, -0.05) is 35.9 Å². The van der Waals surface area contributed by atoms with Crippen LogP contribution in [-0.4, -0.2) is 17.0 Å². The molecule has 112 valence electrons. The first kappa shape index (κ1) is 15.8. The van der Waals surface area contributed by atoms with Crippen LogP contribution in [0.15, 0.2) is 54.1 Å². The monoisotopic (exact) mass is 315 g/mol. The van der Waals surface area contributed by atoms with E-state index in [1.165, 1.54) is 6.07 Å². The summed E-state index contributed by atoms with van der Waals surface area (Å²) >= 11 is 5.81. The number of hydrogen-bond acceptors (Lipinski definition) is 2. The van der Waals surface area contributed by atoms with Crippen LogP contribution in [0.3, 0.4) is 0 Å². The lowest BCUT2D eigenvalue weighted by Gasteiger charge is -2.08. The Morgan fingerprint density at radius 3 is 2.36 bits per heavy atom. The summed E-state index contributed by atoms with van der Waals surface area (Å²) in [7, 11) is 0. The van der Waals surface area contributed by atoms with Gasteiger partial charge in [0.2, 0.25) is 0 Å². The van der Waals surface area contributed by atoms with Crippen LogP contribution in [-0.2, 0) is 4.79 Å². The van der Waals surface area contributed by atoms with E-state index in [4.69, 9.17) is 16.7 Å². The number of carboxylic acids is 1. The summed E-state index contributed by atoms with van der Waals surface area (Å²) < 4.78 is 0. The van der Waals surface area contributed by atoms with Gasteiger partial charge in [-0.15, -0.1) is 0 Å². The number of benzene rings is 2. The Kier molecular flexibility index (Phi) is 4.96. The standard InChI is InChI=1S/C17H14ClNO3/c1-11(10-12-6-8-13(18)9-7-12)16(20)19-15-5-3-2-4-14(15)17(21)22/h2-10H,1H3,(H,19,20)(H,21,22)/b11-10+. The van der Waals surface area contributed by atoms with Crippen molar-refractivity contribution in [2.75, 3.05) is 5.32 Å². The minimum atomic E-state index is -1.09. The van der Waals surface area contributed by atoms with Gasteiger partial charge in [-0.3, -0.25) is 4.79 Å². The molecule has 0 saturated carbocycles. The lowest BCUT2D eigenvalue weighted by Crippen LogP contribution is -2.15. The maximum Gasteiger partial charge on any atom is 0.337 e. The SMILES string of the molecule is C/C(=C\c1ccc(Cl)cc1)C(=O)Nc1ccccc1C(=O)O. The third-order valence-electron chi connectivity index (χ3n) is 3.02. The first-order valence-electron chi connectivity index (χ1n) is 6.55. The molecule has 0 fully saturated rings. The molecular weight excluding hydrogens is 302 g/mol. The number of rotatable bonds is 4. The average molecular weight is 316 g/mol. The van der Waals surface area contributed by atoms with E-state index in [2.05, 4.69) is 5.32 Å². The normalized spacial score (nSPS) is 11.1. The third kappa shape index (κ3) is 3.96. The summed E-state index contributed by atoms with van der Waals surface area (Å²) in [5.74, 6) is -1.45. The van der Waals surface area contributed by atoms with E-state index < -0.39 is 5.97 Å². The van der Waals surface area contributed by atoms with Crippen molar-refractivity contribution in [1.29, 1.82) is 0 Å². The number of halogens is 1. The second-order valence-electron chi connectivity index (χ2n) is 4.68. The van der Waals surface area contributed by atoms with Gasteiger partial charge in [0.05, 0.1) is 11.3 Å². The number of aromatic carboxylic acids is 1. The summed E-state index contributed by atoms with van der Waals surface area (Å²) in [6, 6.07) is 13.3. The van der Waals surface area contributed by atoms with Crippen molar-refractivity contribution in [3.8, 4) is 0 Å². The Hall–Kier alpha value is -2.59. The maximum atomic E-state index is 12.2. The molecule has 0 heterocycles. The molecule has 1 amide bonds. The van der Waals surface area contributed by atoms with Crippen molar-refractivity contribution in [3.63, 3.8) is 0 Å². The minimum absolute atomic E-state index is 0.0511. The van der Waals surface area contributed by atoms with E-state index in [0.29, 0.717) is 10.6 Å². The van der Waals surface area contributed by atoms with Gasteiger partial charge in [0.15, 0.2) is 0 Å². The molecule has 0 aliphatic carbocycles. The second kappa shape index (κ2) is 6.91. The molecule has 2 N–H and O–H groups in total. The highest BCUT2D eigenvalue weighted by atomic mass is 35.5. The fourth-order valence-electron chi connectivity index (χ4n) is 1.87. The molecule has 2 aromatic carbocycles. The molecule has 2 aromatic rings. The van der Waals surface area contributed by atoms with Crippen molar-refractivity contribution in [3.05, 3.63) is 70.3 Å². The van der Waals surface area contributed by atoms with Crippen LogP contribution in [0.5, 0.6) is 0 Å². The molecule has 0 aliphatic heterocycles. The van der Waals surface area contributed by atoms with Gasteiger partial charge in [-0.25, -0.2) is 4.79 Å². The summed E-state index contributed by atoms with van der Waals surface area (Å²) in [5.41, 5.74) is 1.62. The molecule has 5 heteroatoms. The number of nitrogens with one attached hydrogen (secondary N) is 1. The zero-order valence-corrected chi connectivity index (χ0v) is 12.6. The predicted molar refractivity (Wildman–Crippen MR) is 87.1 cm³/mol. The fourth-order valence-corrected chi connectivity index (χ4v) is 2.00. The Balaban J connectivity index is 2.18. The summed E-state index contributed by atoms with van der Waals surface area (Å²) in [6.45, 7) is 1.66. The molecule has 4 nitrogen and oxygen atoms in total. The zero-order chi connectivity index (χ0) is 16.1. The van der Waals surface area contributed by atoms with E-state index in [1.807, 2.05) is 0 Å². The van der Waals surface area contributed by atoms with Gasteiger partial charge in [0.25, 0.3) is 5.91 Å². The molecular formula is C17H14ClNO3. The molecule has 0 unspecified atom stereocenters. The molecule has 0 saturated heterocycles. The number of carbonyl (C=O) groups excluding carboxylic acids is 1. The van der Waals surface area contributed by atoms with Gasteiger partial charge < -0.3 is 10.4 Å². The Morgan fingerprint density at radius 1 is 1.09 bits per heavy atom. The van der Waals surface area contributed by atoms with Crippen LogP contribution in [0.2, 0.25) is 5.02 Å². The van der Waals surface area contributed by atoms with Gasteiger partial charge in [-0.2, -0.15) is 0 Å². The van der Waals surface area contributed by atoms with Gasteiger partial charge in [0.1, 0.15) is 0 Å². The van der Waals surface area contributed by atoms with Crippen molar-refractivity contribution < 1.29 is 14.7 Å². The first-order valence-corrected chi connectivity index (χ1v) is 6.92. The van der Waals surface area contributed by atoms with Crippen LogP contribution in [0.25, 0.3) is 6.08 Å². The van der Waals surface area contributed by atoms with E-state index >= 15 is 0 Å². The second-order valence-corrected chi connectivity index (χ2v) is 5.12. The predicted octanol–water partition coefficient (Wildman–Crippen LogP) is 4.08. The Morgan fingerprint density at radius 2 is 1.73 bits per heavy atom. The molecule has 2 rings (SSSR count). The van der Waals surface area contributed by atoms with Crippen LogP contribution in [0.1, 0.15) is 22.8 Å². The highest BCUT2D eigenvalue weighted by Gasteiger charge is 2.12. The maximum absolute atomic E-state index is 12.2. The largest absolute Gasteiger partial charge is 0.478 e. The average Bonchev–Trinajstić information content (AvgIpc) is 2.49. The summed E-state index contributed by atoms with van der Waals surface area (Å²) in [5, 5.41) is 12.3. The first-order chi connectivity index (χ1) is 10.5. The third-order valence-corrected chi connectivity index (χ3v) is 3.27. The Bertz CT molecular complexity index is 736. The highest BCUT2D eigenvalue weighted by Crippen LogP contribution is 2.17. The van der Waals surface area contributed by atoms with Gasteiger partial charge in [-0.05, 0) is 42.8 Å². The highest BCUT2D eigenvalue weighted by molar-refractivity contribution is 6.30. The summed E-state index contributed by atoms with van der Waals surface area (Å²) in [4.78, 5) is 23.3. The van der Waals surface area contributed by atoms with E-state index in [-0.39, 0.29) is 17.2 Å². The van der Waals surface area contributed by atoms with Crippen molar-refractivity contribution >= 4 is 35.2 Å². The van der Waals surface area contributed by atoms with Crippen molar-refractivity contribution in [2.45, 2.75) is 6.92 Å². The summed E-state index contributed by atoms with van der Waals surface area (Å²) in [6.07, 6.45) is 1.70. The molecule has 0 radical (unpaired) electrons. The smallest absolute Gasteiger partial charge is 0.337 e. The molecule has 0 spiro atoms. The van der Waals surface area contributed by atoms with E-state index in [0.717, 1.165) is 5.56 Å². The van der Waals surface area contributed by atoms with Crippen LogP contribution < -0.4 is 5.32 Å². The van der Waals surface area contributed by atoms with Crippen LogP contribution in [0.4, 0.5) is 5.69 Å². The molecule has 22 heavy (non-hydrogen) atoms. The number of hydrogen-bond donors (Lipinski definition) is 2.